The van der Waals surface area contributed by atoms with Crippen LogP contribution < -0.4 is 9.64 Å². The fraction of sp³-hybridized carbons (Fsp3) is 0.364. The number of rotatable bonds is 4. The molecule has 1 aromatic carbocycles. The fourth-order valence-electron chi connectivity index (χ4n) is 3.93. The van der Waals surface area contributed by atoms with E-state index in [4.69, 9.17) is 4.74 Å². The molecule has 4 rings (SSSR count). The molecule has 0 aliphatic carbocycles. The van der Waals surface area contributed by atoms with E-state index in [1.807, 2.05) is 60.5 Å². The molecule has 6 heteroatoms. The number of benzene rings is 1. The van der Waals surface area contributed by atoms with Crippen molar-refractivity contribution in [1.29, 1.82) is 0 Å². The highest BCUT2D eigenvalue weighted by Gasteiger charge is 2.28. The number of piperidine rings is 1. The SMILES string of the molecule is CCOc1cccnc1N(C)C1CCN(C(=O)n2ccc3ccccc32)CC1. The van der Waals surface area contributed by atoms with Gasteiger partial charge in [0.2, 0.25) is 0 Å². The quantitative estimate of drug-likeness (QED) is 0.688. The van der Waals surface area contributed by atoms with Crippen molar-refractivity contribution < 1.29 is 9.53 Å². The van der Waals surface area contributed by atoms with E-state index in [0.29, 0.717) is 12.6 Å². The van der Waals surface area contributed by atoms with Crippen molar-refractivity contribution in [3.63, 3.8) is 0 Å². The van der Waals surface area contributed by atoms with Crippen LogP contribution in [0.15, 0.2) is 54.9 Å². The summed E-state index contributed by atoms with van der Waals surface area (Å²) in [7, 11) is 2.06. The van der Waals surface area contributed by atoms with E-state index < -0.39 is 0 Å². The highest BCUT2D eigenvalue weighted by Crippen LogP contribution is 2.29. The molecule has 0 N–H and O–H groups in total. The van der Waals surface area contributed by atoms with Gasteiger partial charge in [-0.3, -0.25) is 4.57 Å². The summed E-state index contributed by atoms with van der Waals surface area (Å²) in [6.45, 7) is 4.06. The zero-order valence-electron chi connectivity index (χ0n) is 16.4. The number of aromatic nitrogens is 2. The molecule has 0 spiro atoms. The average Bonchev–Trinajstić information content (AvgIpc) is 3.18. The Balaban J connectivity index is 1.44. The number of amides is 1. The minimum atomic E-state index is 0.0511. The van der Waals surface area contributed by atoms with Gasteiger partial charge in [-0.15, -0.1) is 0 Å². The highest BCUT2D eigenvalue weighted by molar-refractivity contribution is 5.91. The van der Waals surface area contributed by atoms with Crippen LogP contribution in [0.3, 0.4) is 0 Å². The summed E-state index contributed by atoms with van der Waals surface area (Å²) in [5, 5.41) is 1.09. The molecule has 1 saturated heterocycles. The van der Waals surface area contributed by atoms with E-state index in [9.17, 15) is 4.79 Å². The molecule has 28 heavy (non-hydrogen) atoms. The van der Waals surface area contributed by atoms with E-state index in [2.05, 4.69) is 16.9 Å². The minimum Gasteiger partial charge on any atom is -0.490 e. The standard InChI is InChI=1S/C22H26N4O2/c1-3-28-20-9-6-13-23-21(20)24(2)18-11-14-25(15-12-18)22(27)26-16-10-17-7-4-5-8-19(17)26/h4-10,13,16,18H,3,11-12,14-15H2,1-2H3. The molecule has 146 valence electrons. The summed E-state index contributed by atoms with van der Waals surface area (Å²) in [5.74, 6) is 1.68. The smallest absolute Gasteiger partial charge is 0.328 e. The summed E-state index contributed by atoms with van der Waals surface area (Å²) >= 11 is 0. The number of nitrogens with zero attached hydrogens (tertiary/aromatic N) is 4. The first kappa shape index (κ1) is 18.3. The van der Waals surface area contributed by atoms with E-state index in [0.717, 1.165) is 48.4 Å². The van der Waals surface area contributed by atoms with Crippen LogP contribution in [0.5, 0.6) is 5.75 Å². The second-order valence-electron chi connectivity index (χ2n) is 7.11. The molecular formula is C22H26N4O2. The van der Waals surface area contributed by atoms with Crippen molar-refractivity contribution in [1.82, 2.24) is 14.5 Å². The van der Waals surface area contributed by atoms with Gasteiger partial charge in [0.05, 0.1) is 12.1 Å². The molecule has 3 aromatic rings. The third-order valence-electron chi connectivity index (χ3n) is 5.47. The van der Waals surface area contributed by atoms with Gasteiger partial charge in [-0.2, -0.15) is 0 Å². The Morgan fingerprint density at radius 3 is 2.75 bits per heavy atom. The normalized spacial score (nSPS) is 15.0. The van der Waals surface area contributed by atoms with Crippen LogP contribution in [-0.2, 0) is 0 Å². The van der Waals surface area contributed by atoms with Gasteiger partial charge in [-0.05, 0) is 44.0 Å². The largest absolute Gasteiger partial charge is 0.490 e. The first-order chi connectivity index (χ1) is 13.7. The molecule has 0 radical (unpaired) electrons. The van der Waals surface area contributed by atoms with Gasteiger partial charge in [-0.25, -0.2) is 9.78 Å². The summed E-state index contributed by atoms with van der Waals surface area (Å²) < 4.78 is 7.48. The summed E-state index contributed by atoms with van der Waals surface area (Å²) in [5.41, 5.74) is 0.960. The van der Waals surface area contributed by atoms with Crippen LogP contribution in [0.2, 0.25) is 0 Å². The Hall–Kier alpha value is -3.02. The Labute approximate surface area is 165 Å². The van der Waals surface area contributed by atoms with Crippen molar-refractivity contribution in [3.05, 3.63) is 54.9 Å². The second-order valence-corrected chi connectivity index (χ2v) is 7.11. The van der Waals surface area contributed by atoms with Crippen LogP contribution in [-0.4, -0.2) is 53.3 Å². The highest BCUT2D eigenvalue weighted by atomic mass is 16.5. The lowest BCUT2D eigenvalue weighted by Gasteiger charge is -2.37. The first-order valence-corrected chi connectivity index (χ1v) is 9.85. The molecular weight excluding hydrogens is 352 g/mol. The Kier molecular flexibility index (Phi) is 5.19. The van der Waals surface area contributed by atoms with Crippen molar-refractivity contribution in [2.45, 2.75) is 25.8 Å². The molecule has 3 heterocycles. The van der Waals surface area contributed by atoms with Crippen molar-refractivity contribution >= 4 is 22.8 Å². The molecule has 6 nitrogen and oxygen atoms in total. The number of fused-ring (bicyclic) bond motifs is 1. The number of anilines is 1. The third kappa shape index (κ3) is 3.42. The zero-order chi connectivity index (χ0) is 19.5. The zero-order valence-corrected chi connectivity index (χ0v) is 16.4. The van der Waals surface area contributed by atoms with Crippen LogP contribution in [0.4, 0.5) is 10.6 Å². The Morgan fingerprint density at radius 2 is 1.96 bits per heavy atom. The third-order valence-corrected chi connectivity index (χ3v) is 5.47. The summed E-state index contributed by atoms with van der Waals surface area (Å²) in [4.78, 5) is 21.7. The lowest BCUT2D eigenvalue weighted by Crippen LogP contribution is -2.47. The van der Waals surface area contributed by atoms with Gasteiger partial charge >= 0.3 is 6.03 Å². The number of carbonyl (C=O) groups excluding carboxylic acids is 1. The number of likely N-dealkylation sites (tertiary alicyclic amines) is 1. The molecule has 1 aliphatic rings. The van der Waals surface area contributed by atoms with Gasteiger partial charge in [-0.1, -0.05) is 18.2 Å². The molecule has 0 bridgehead atoms. The summed E-state index contributed by atoms with van der Waals surface area (Å²) in [6, 6.07) is 14.2. The van der Waals surface area contributed by atoms with Crippen LogP contribution in [0.1, 0.15) is 19.8 Å². The van der Waals surface area contributed by atoms with Crippen molar-refractivity contribution in [2.75, 3.05) is 31.6 Å². The van der Waals surface area contributed by atoms with E-state index in [1.54, 1.807) is 10.8 Å². The van der Waals surface area contributed by atoms with Crippen LogP contribution in [0, 0.1) is 0 Å². The molecule has 1 fully saturated rings. The molecule has 0 saturated carbocycles. The van der Waals surface area contributed by atoms with E-state index >= 15 is 0 Å². The van der Waals surface area contributed by atoms with Gasteiger partial charge < -0.3 is 14.5 Å². The molecule has 1 amide bonds. The lowest BCUT2D eigenvalue weighted by molar-refractivity contribution is 0.183. The van der Waals surface area contributed by atoms with Crippen molar-refractivity contribution in [2.24, 2.45) is 0 Å². The van der Waals surface area contributed by atoms with Crippen LogP contribution >= 0.6 is 0 Å². The topological polar surface area (TPSA) is 50.6 Å². The van der Waals surface area contributed by atoms with Crippen LogP contribution in [0.25, 0.3) is 10.9 Å². The monoisotopic (exact) mass is 378 g/mol. The first-order valence-electron chi connectivity index (χ1n) is 9.85. The second kappa shape index (κ2) is 7.92. The number of ether oxygens (including phenoxy) is 1. The number of pyridine rings is 1. The predicted molar refractivity (Wildman–Crippen MR) is 111 cm³/mol. The average molecular weight is 378 g/mol. The van der Waals surface area contributed by atoms with Gasteiger partial charge in [0.15, 0.2) is 11.6 Å². The van der Waals surface area contributed by atoms with E-state index in [-0.39, 0.29) is 6.03 Å². The molecule has 0 atom stereocenters. The maximum Gasteiger partial charge on any atom is 0.328 e. The Morgan fingerprint density at radius 1 is 1.18 bits per heavy atom. The van der Waals surface area contributed by atoms with E-state index in [1.165, 1.54) is 0 Å². The minimum absolute atomic E-state index is 0.0511. The van der Waals surface area contributed by atoms with Gasteiger partial charge in [0.25, 0.3) is 0 Å². The molecule has 1 aliphatic heterocycles. The maximum absolute atomic E-state index is 13.0. The fourth-order valence-corrected chi connectivity index (χ4v) is 3.93. The number of hydrogen-bond acceptors (Lipinski definition) is 4. The molecule has 0 unspecified atom stereocenters. The number of para-hydroxylation sites is 1. The number of hydrogen-bond donors (Lipinski definition) is 0. The predicted octanol–water partition coefficient (Wildman–Crippen LogP) is 4.00. The van der Waals surface area contributed by atoms with Gasteiger partial charge in [0.1, 0.15) is 0 Å². The van der Waals surface area contributed by atoms with Gasteiger partial charge in [0, 0.05) is 44.0 Å². The summed E-state index contributed by atoms with van der Waals surface area (Å²) in [6.07, 6.45) is 5.48. The Bertz CT molecular complexity index is 960. The molecule has 2 aromatic heterocycles. The van der Waals surface area contributed by atoms with Crippen molar-refractivity contribution in [3.8, 4) is 5.75 Å². The lowest BCUT2D eigenvalue weighted by atomic mass is 10.0. The number of carbonyl (C=O) groups is 1. The maximum atomic E-state index is 13.0.